The molecule has 1 saturated heterocycles. The lowest BCUT2D eigenvalue weighted by Gasteiger charge is -2.18. The number of likely N-dealkylation sites (N-methyl/N-ethyl adjacent to an activating group) is 1. The van der Waals surface area contributed by atoms with Gasteiger partial charge in [-0.1, -0.05) is 13.8 Å². The van der Waals surface area contributed by atoms with Crippen molar-refractivity contribution in [1.82, 2.24) is 14.9 Å². The molecule has 2 rings (SSSR count). The summed E-state index contributed by atoms with van der Waals surface area (Å²) in [6.07, 6.45) is 3.00. The molecule has 0 aliphatic carbocycles. The first-order chi connectivity index (χ1) is 8.61. The molecule has 18 heavy (non-hydrogen) atoms. The van der Waals surface area contributed by atoms with Crippen molar-refractivity contribution in [2.24, 2.45) is 5.92 Å². The third-order valence-electron chi connectivity index (χ3n) is 3.84. The lowest BCUT2D eigenvalue weighted by atomic mass is 9.95. The van der Waals surface area contributed by atoms with Crippen LogP contribution in [0.5, 0.6) is 0 Å². The van der Waals surface area contributed by atoms with Crippen molar-refractivity contribution in [3.05, 3.63) is 23.8 Å². The Kier molecular flexibility index (Phi) is 4.30. The summed E-state index contributed by atoms with van der Waals surface area (Å²) in [4.78, 5) is 11.4. The maximum atomic E-state index is 9.46. The largest absolute Gasteiger partial charge is 0.396 e. The average molecular weight is 249 g/mol. The molecule has 2 unspecified atom stereocenters. The molecule has 1 N–H and O–H groups in total. The molecular formula is C14H23N3O. The molecular weight excluding hydrogens is 226 g/mol. The number of aliphatic hydroxyl groups excluding tert-OH is 1. The number of likely N-dealkylation sites (tertiary alicyclic amines) is 1. The van der Waals surface area contributed by atoms with Crippen LogP contribution in [0.3, 0.4) is 0 Å². The second-order valence-corrected chi connectivity index (χ2v) is 5.62. The molecule has 1 fully saturated rings. The van der Waals surface area contributed by atoms with E-state index in [1.807, 2.05) is 12.3 Å². The van der Waals surface area contributed by atoms with Gasteiger partial charge in [-0.2, -0.15) is 0 Å². The van der Waals surface area contributed by atoms with E-state index in [-0.39, 0.29) is 12.5 Å². The van der Waals surface area contributed by atoms with Crippen LogP contribution in [0, 0.1) is 5.92 Å². The zero-order chi connectivity index (χ0) is 13.1. The van der Waals surface area contributed by atoms with Crippen LogP contribution in [0.2, 0.25) is 0 Å². The van der Waals surface area contributed by atoms with Crippen molar-refractivity contribution >= 4 is 0 Å². The fourth-order valence-corrected chi connectivity index (χ4v) is 2.56. The molecule has 0 aromatic carbocycles. The van der Waals surface area contributed by atoms with Crippen LogP contribution in [0.15, 0.2) is 12.3 Å². The minimum atomic E-state index is 0.0454. The Labute approximate surface area is 109 Å². The quantitative estimate of drug-likeness (QED) is 0.881. The van der Waals surface area contributed by atoms with Gasteiger partial charge in [-0.3, -0.25) is 0 Å². The van der Waals surface area contributed by atoms with Gasteiger partial charge < -0.3 is 10.0 Å². The Morgan fingerprint density at radius 1 is 1.50 bits per heavy atom. The van der Waals surface area contributed by atoms with Gasteiger partial charge in [0.2, 0.25) is 0 Å². The molecule has 100 valence electrons. The SMILES string of the molecule is CC(C)C(CO)c1nccc(C2CCN(C)C2)n1. The average Bonchev–Trinajstić information content (AvgIpc) is 2.77. The molecule has 1 aromatic heterocycles. The molecule has 1 aromatic rings. The molecule has 0 saturated carbocycles. The molecule has 2 heterocycles. The fraction of sp³-hybridized carbons (Fsp3) is 0.714. The number of hydrogen-bond donors (Lipinski definition) is 1. The van der Waals surface area contributed by atoms with Gasteiger partial charge in [0.15, 0.2) is 0 Å². The monoisotopic (exact) mass is 249 g/mol. The standard InChI is InChI=1S/C14H23N3O/c1-10(2)12(9-18)14-15-6-4-13(16-14)11-5-7-17(3)8-11/h4,6,10-12,18H,5,7-9H2,1-3H3. The summed E-state index contributed by atoms with van der Waals surface area (Å²) in [5.74, 6) is 1.71. The zero-order valence-electron chi connectivity index (χ0n) is 11.5. The molecule has 0 bridgehead atoms. The van der Waals surface area contributed by atoms with E-state index in [0.29, 0.717) is 11.8 Å². The van der Waals surface area contributed by atoms with Crippen molar-refractivity contribution in [1.29, 1.82) is 0 Å². The Morgan fingerprint density at radius 2 is 2.28 bits per heavy atom. The van der Waals surface area contributed by atoms with Gasteiger partial charge in [-0.15, -0.1) is 0 Å². The van der Waals surface area contributed by atoms with E-state index in [2.05, 4.69) is 35.8 Å². The minimum Gasteiger partial charge on any atom is -0.396 e. The summed E-state index contributed by atoms with van der Waals surface area (Å²) in [6, 6.07) is 2.02. The van der Waals surface area contributed by atoms with Crippen LogP contribution >= 0.6 is 0 Å². The summed E-state index contributed by atoms with van der Waals surface area (Å²) in [5.41, 5.74) is 1.13. The van der Waals surface area contributed by atoms with Crippen LogP contribution in [0.4, 0.5) is 0 Å². The lowest BCUT2D eigenvalue weighted by molar-refractivity contribution is 0.231. The first-order valence-corrected chi connectivity index (χ1v) is 6.74. The topological polar surface area (TPSA) is 49.3 Å². The molecule has 2 atom stereocenters. The van der Waals surface area contributed by atoms with Gasteiger partial charge in [-0.05, 0) is 32.0 Å². The number of aromatic nitrogens is 2. The van der Waals surface area contributed by atoms with Gasteiger partial charge in [-0.25, -0.2) is 9.97 Å². The van der Waals surface area contributed by atoms with E-state index in [4.69, 9.17) is 0 Å². The Morgan fingerprint density at radius 3 is 2.83 bits per heavy atom. The Balaban J connectivity index is 2.19. The summed E-state index contributed by atoms with van der Waals surface area (Å²) in [5, 5.41) is 9.46. The van der Waals surface area contributed by atoms with Crippen LogP contribution in [-0.2, 0) is 0 Å². The number of hydrogen-bond acceptors (Lipinski definition) is 4. The number of rotatable bonds is 4. The van der Waals surface area contributed by atoms with Crippen molar-refractivity contribution in [2.45, 2.75) is 32.1 Å². The molecule has 0 spiro atoms. The predicted octanol–water partition coefficient (Wildman–Crippen LogP) is 1.63. The first kappa shape index (κ1) is 13.4. The van der Waals surface area contributed by atoms with E-state index in [0.717, 1.165) is 24.6 Å². The highest BCUT2D eigenvalue weighted by Gasteiger charge is 2.24. The van der Waals surface area contributed by atoms with Crippen molar-refractivity contribution < 1.29 is 5.11 Å². The number of nitrogens with zero attached hydrogens (tertiary/aromatic N) is 3. The van der Waals surface area contributed by atoms with Crippen molar-refractivity contribution in [3.63, 3.8) is 0 Å². The molecule has 0 radical (unpaired) electrons. The van der Waals surface area contributed by atoms with Crippen LogP contribution in [-0.4, -0.2) is 46.7 Å². The zero-order valence-corrected chi connectivity index (χ0v) is 11.5. The Bertz CT molecular complexity index is 394. The van der Waals surface area contributed by atoms with Gasteiger partial charge in [0.05, 0.1) is 6.61 Å². The highest BCUT2D eigenvalue weighted by Crippen LogP contribution is 2.26. The molecule has 0 amide bonds. The summed E-state index contributed by atoms with van der Waals surface area (Å²) in [7, 11) is 2.15. The fourth-order valence-electron chi connectivity index (χ4n) is 2.56. The van der Waals surface area contributed by atoms with E-state index in [1.165, 1.54) is 6.42 Å². The van der Waals surface area contributed by atoms with Gasteiger partial charge >= 0.3 is 0 Å². The minimum absolute atomic E-state index is 0.0454. The maximum absolute atomic E-state index is 9.46. The molecule has 1 aliphatic heterocycles. The van der Waals surface area contributed by atoms with Gasteiger partial charge in [0.1, 0.15) is 5.82 Å². The maximum Gasteiger partial charge on any atom is 0.134 e. The van der Waals surface area contributed by atoms with Gasteiger partial charge in [0.25, 0.3) is 0 Å². The predicted molar refractivity (Wildman–Crippen MR) is 71.6 cm³/mol. The van der Waals surface area contributed by atoms with Crippen molar-refractivity contribution in [3.8, 4) is 0 Å². The smallest absolute Gasteiger partial charge is 0.134 e. The van der Waals surface area contributed by atoms with E-state index in [1.54, 1.807) is 0 Å². The van der Waals surface area contributed by atoms with E-state index >= 15 is 0 Å². The number of aliphatic hydroxyl groups is 1. The van der Waals surface area contributed by atoms with Crippen molar-refractivity contribution in [2.75, 3.05) is 26.7 Å². The highest BCUT2D eigenvalue weighted by atomic mass is 16.3. The molecule has 1 aliphatic rings. The van der Waals surface area contributed by atoms with E-state index < -0.39 is 0 Å². The third kappa shape index (κ3) is 2.87. The molecule has 4 nitrogen and oxygen atoms in total. The van der Waals surface area contributed by atoms with E-state index in [9.17, 15) is 5.11 Å². The Hall–Kier alpha value is -1.00. The third-order valence-corrected chi connectivity index (χ3v) is 3.84. The summed E-state index contributed by atoms with van der Waals surface area (Å²) < 4.78 is 0. The normalized spacial score (nSPS) is 22.6. The van der Waals surface area contributed by atoms with Crippen LogP contribution in [0.1, 0.15) is 43.6 Å². The second-order valence-electron chi connectivity index (χ2n) is 5.62. The van der Waals surface area contributed by atoms with Gasteiger partial charge in [0, 0.05) is 30.3 Å². The van der Waals surface area contributed by atoms with Crippen LogP contribution in [0.25, 0.3) is 0 Å². The van der Waals surface area contributed by atoms with Crippen LogP contribution < -0.4 is 0 Å². The molecule has 4 heteroatoms. The lowest BCUT2D eigenvalue weighted by Crippen LogP contribution is -2.17. The summed E-state index contributed by atoms with van der Waals surface area (Å²) >= 11 is 0. The summed E-state index contributed by atoms with van der Waals surface area (Å²) in [6.45, 7) is 6.52. The second kappa shape index (κ2) is 5.76. The first-order valence-electron chi connectivity index (χ1n) is 6.74. The highest BCUT2D eigenvalue weighted by molar-refractivity contribution is 5.13.